The largest absolute Gasteiger partial charge is 0.486 e. The Kier molecular flexibility index (Phi) is 5.99. The van der Waals surface area contributed by atoms with Gasteiger partial charge >= 0.3 is 0 Å². The van der Waals surface area contributed by atoms with Gasteiger partial charge in [0.05, 0.1) is 0 Å². The predicted octanol–water partition coefficient (Wildman–Crippen LogP) is 8.24. The van der Waals surface area contributed by atoms with Crippen molar-refractivity contribution in [1.82, 2.24) is 0 Å². The van der Waals surface area contributed by atoms with Gasteiger partial charge in [-0.25, -0.2) is 0 Å². The maximum atomic E-state index is 6.45. The number of hydrogen-bond acceptors (Lipinski definition) is 2. The molecule has 0 fully saturated rings. The van der Waals surface area contributed by atoms with Gasteiger partial charge in [0.25, 0.3) is 0 Å². The monoisotopic (exact) mass is 410 g/mol. The van der Waals surface area contributed by atoms with Gasteiger partial charge in [-0.15, -0.1) is 0 Å². The van der Waals surface area contributed by atoms with Crippen molar-refractivity contribution in [2.45, 2.75) is 46.1 Å². The molecule has 2 unspecified atom stereocenters. The average molecular weight is 411 g/mol. The fourth-order valence-electron chi connectivity index (χ4n) is 4.37. The quantitative estimate of drug-likeness (QED) is 0.320. The third-order valence-electron chi connectivity index (χ3n) is 5.95. The molecule has 4 rings (SSSR count). The number of ether oxygens (including phenoxy) is 1. The number of aryl methyl sites for hydroxylation is 1. The SMILES string of the molecule is C=C/C=C(/C)c1oc2c(/C3=C/C(C)c4ccccc4OC(C)C=CC3)cccc2c1C. The van der Waals surface area contributed by atoms with Crippen LogP contribution in [0.1, 0.15) is 55.6 Å². The molecule has 158 valence electrons. The molecule has 0 saturated carbocycles. The zero-order valence-electron chi connectivity index (χ0n) is 18.8. The Morgan fingerprint density at radius 2 is 1.90 bits per heavy atom. The second-order valence-corrected chi connectivity index (χ2v) is 8.30. The van der Waals surface area contributed by atoms with Gasteiger partial charge in [0.15, 0.2) is 0 Å². The smallest absolute Gasteiger partial charge is 0.142 e. The van der Waals surface area contributed by atoms with Crippen LogP contribution in [0.4, 0.5) is 0 Å². The van der Waals surface area contributed by atoms with Gasteiger partial charge in [0.1, 0.15) is 23.2 Å². The van der Waals surface area contributed by atoms with Crippen molar-refractivity contribution >= 4 is 22.1 Å². The highest BCUT2D eigenvalue weighted by molar-refractivity contribution is 5.94. The van der Waals surface area contributed by atoms with Gasteiger partial charge in [0.2, 0.25) is 0 Å². The molecule has 2 heteroatoms. The maximum absolute atomic E-state index is 6.45. The van der Waals surface area contributed by atoms with E-state index >= 15 is 0 Å². The number of benzene rings is 2. The molecule has 0 bridgehead atoms. The number of allylic oxidation sites excluding steroid dienone is 6. The number of hydrogen-bond donors (Lipinski definition) is 0. The van der Waals surface area contributed by atoms with Crippen LogP contribution in [0.5, 0.6) is 5.75 Å². The van der Waals surface area contributed by atoms with Crippen LogP contribution in [0, 0.1) is 6.92 Å². The van der Waals surface area contributed by atoms with Crippen LogP contribution in [0.3, 0.4) is 0 Å². The molecule has 31 heavy (non-hydrogen) atoms. The molecule has 0 aliphatic carbocycles. The Bertz CT molecular complexity index is 1200. The second kappa shape index (κ2) is 8.85. The highest BCUT2D eigenvalue weighted by atomic mass is 16.5. The van der Waals surface area contributed by atoms with Gasteiger partial charge in [0, 0.05) is 28.0 Å². The minimum absolute atomic E-state index is 0.0210. The lowest BCUT2D eigenvalue weighted by Gasteiger charge is -2.20. The summed E-state index contributed by atoms with van der Waals surface area (Å²) in [5, 5.41) is 1.16. The molecular weight excluding hydrogens is 380 g/mol. The molecule has 1 aromatic heterocycles. The zero-order chi connectivity index (χ0) is 22.0. The Labute approximate surface area is 185 Å². The van der Waals surface area contributed by atoms with Crippen LogP contribution in [-0.4, -0.2) is 6.10 Å². The van der Waals surface area contributed by atoms with Crippen LogP contribution in [0.15, 0.2) is 83.8 Å². The van der Waals surface area contributed by atoms with Crippen LogP contribution in [0.25, 0.3) is 22.1 Å². The third-order valence-corrected chi connectivity index (χ3v) is 5.95. The summed E-state index contributed by atoms with van der Waals surface area (Å²) in [6.07, 6.45) is 11.3. The lowest BCUT2D eigenvalue weighted by atomic mass is 9.91. The van der Waals surface area contributed by atoms with Crippen LogP contribution < -0.4 is 4.74 Å². The van der Waals surface area contributed by atoms with Crippen molar-refractivity contribution in [2.24, 2.45) is 0 Å². The fourth-order valence-corrected chi connectivity index (χ4v) is 4.37. The normalized spacial score (nSPS) is 21.2. The Morgan fingerprint density at radius 1 is 1.10 bits per heavy atom. The van der Waals surface area contributed by atoms with Crippen molar-refractivity contribution in [3.8, 4) is 5.75 Å². The van der Waals surface area contributed by atoms with Gasteiger partial charge in [-0.3, -0.25) is 0 Å². The first-order valence-electron chi connectivity index (χ1n) is 10.9. The van der Waals surface area contributed by atoms with Gasteiger partial charge in [-0.05, 0) is 50.5 Å². The van der Waals surface area contributed by atoms with Crippen LogP contribution in [0.2, 0.25) is 0 Å². The van der Waals surface area contributed by atoms with E-state index < -0.39 is 0 Å². The van der Waals surface area contributed by atoms with E-state index in [9.17, 15) is 0 Å². The lowest BCUT2D eigenvalue weighted by molar-refractivity contribution is 0.266. The molecule has 0 radical (unpaired) electrons. The first-order valence-corrected chi connectivity index (χ1v) is 10.9. The minimum atomic E-state index is 0.0210. The maximum Gasteiger partial charge on any atom is 0.142 e. The van der Waals surface area contributed by atoms with Gasteiger partial charge in [-0.2, -0.15) is 0 Å². The molecule has 1 aliphatic heterocycles. The molecule has 0 amide bonds. The molecule has 0 N–H and O–H groups in total. The predicted molar refractivity (Wildman–Crippen MR) is 131 cm³/mol. The molecule has 2 heterocycles. The molecule has 2 nitrogen and oxygen atoms in total. The van der Waals surface area contributed by atoms with E-state index in [1.54, 1.807) is 6.08 Å². The Hall–Kier alpha value is -3.26. The van der Waals surface area contributed by atoms with E-state index in [2.05, 4.69) is 88.9 Å². The average Bonchev–Trinajstić information content (AvgIpc) is 3.10. The summed E-state index contributed by atoms with van der Waals surface area (Å²) in [4.78, 5) is 0. The molecule has 0 spiro atoms. The number of furan rings is 1. The highest BCUT2D eigenvalue weighted by Crippen LogP contribution is 2.38. The molecule has 2 atom stereocenters. The summed E-state index contributed by atoms with van der Waals surface area (Å²) >= 11 is 0. The number of para-hydroxylation sites is 2. The summed E-state index contributed by atoms with van der Waals surface area (Å²) in [5.74, 6) is 2.10. The van der Waals surface area contributed by atoms with Crippen LogP contribution in [-0.2, 0) is 0 Å². The summed E-state index contributed by atoms with van der Waals surface area (Å²) in [7, 11) is 0. The standard InChI is InChI=1S/C29H30O2/c1-6-11-19(2)28-22(5)25-15-10-16-26(29(25)31-28)23-13-9-12-21(4)30-27-17-8-7-14-24(27)20(3)18-23/h6-12,14-18,20-21H,1,13H2,2-5H3/b12-9?,19-11-,23-18+. The first-order chi connectivity index (χ1) is 15.0. The summed E-state index contributed by atoms with van der Waals surface area (Å²) < 4.78 is 12.6. The molecule has 1 aliphatic rings. The third kappa shape index (κ3) is 4.16. The van der Waals surface area contributed by atoms with Gasteiger partial charge in [-0.1, -0.05) is 74.2 Å². The first kappa shape index (κ1) is 21.0. The molecule has 2 aromatic carbocycles. The van der Waals surface area contributed by atoms with E-state index in [0.717, 1.165) is 40.0 Å². The van der Waals surface area contributed by atoms with E-state index in [1.807, 2.05) is 12.1 Å². The van der Waals surface area contributed by atoms with E-state index in [4.69, 9.17) is 9.15 Å². The molecular formula is C29H30O2. The summed E-state index contributed by atoms with van der Waals surface area (Å²) in [6, 6.07) is 14.8. The van der Waals surface area contributed by atoms with Crippen molar-refractivity contribution in [2.75, 3.05) is 0 Å². The lowest BCUT2D eigenvalue weighted by Crippen LogP contribution is -2.11. The summed E-state index contributed by atoms with van der Waals surface area (Å²) in [6.45, 7) is 12.3. The Balaban J connectivity index is 1.88. The van der Waals surface area contributed by atoms with E-state index in [1.165, 1.54) is 16.7 Å². The molecule has 3 aromatic rings. The Morgan fingerprint density at radius 3 is 2.71 bits per heavy atom. The van der Waals surface area contributed by atoms with Crippen molar-refractivity contribution in [3.05, 3.63) is 102 Å². The highest BCUT2D eigenvalue weighted by Gasteiger charge is 2.19. The summed E-state index contributed by atoms with van der Waals surface area (Å²) in [5.41, 5.74) is 6.83. The van der Waals surface area contributed by atoms with Crippen molar-refractivity contribution < 1.29 is 9.15 Å². The zero-order valence-corrected chi connectivity index (χ0v) is 18.8. The van der Waals surface area contributed by atoms with Crippen LogP contribution >= 0.6 is 0 Å². The number of rotatable bonds is 3. The van der Waals surface area contributed by atoms with Crippen molar-refractivity contribution in [3.63, 3.8) is 0 Å². The minimum Gasteiger partial charge on any atom is -0.486 e. The topological polar surface area (TPSA) is 22.4 Å². The van der Waals surface area contributed by atoms with E-state index in [-0.39, 0.29) is 12.0 Å². The number of fused-ring (bicyclic) bond motifs is 2. The fraction of sp³-hybridized carbons (Fsp3) is 0.241. The second-order valence-electron chi connectivity index (χ2n) is 8.30. The van der Waals surface area contributed by atoms with Gasteiger partial charge < -0.3 is 9.15 Å². The van der Waals surface area contributed by atoms with Crippen molar-refractivity contribution in [1.29, 1.82) is 0 Å². The molecule has 0 saturated heterocycles. The van der Waals surface area contributed by atoms with E-state index in [0.29, 0.717) is 0 Å².